The average molecular weight is 1030 g/mol. The number of rotatable bonds is 41. The molecule has 0 aromatic carbocycles. The fourth-order valence-electron chi connectivity index (χ4n) is 7.37. The molecule has 0 heterocycles. The van der Waals surface area contributed by atoms with E-state index in [9.17, 15) is 67.9 Å². The highest BCUT2D eigenvalue weighted by atomic mass is 32.2. The third-order valence-electron chi connectivity index (χ3n) is 10.9. The fraction of sp³-hybridized carbons (Fsp3) is 0.929. The molecule has 0 spiro atoms. The molecule has 1 rings (SSSR count). The molecule has 8 atom stereocenters. The van der Waals surface area contributed by atoms with E-state index in [1.54, 1.807) is 0 Å². The minimum absolute atomic E-state index is 0.00685. The van der Waals surface area contributed by atoms with Crippen LogP contribution in [0.4, 0.5) is 0 Å². The molecule has 390 valence electrons. The van der Waals surface area contributed by atoms with Gasteiger partial charge in [0, 0.05) is 25.0 Å². The van der Waals surface area contributed by atoms with Gasteiger partial charge in [0.05, 0.1) is 6.61 Å². The van der Waals surface area contributed by atoms with E-state index in [1.165, 1.54) is 56.7 Å². The van der Waals surface area contributed by atoms with Crippen molar-refractivity contribution >= 4 is 52.3 Å². The molecule has 0 bridgehead atoms. The molecule has 20 nitrogen and oxygen atoms in total. The molecule has 0 aliphatic heterocycles. The zero-order valence-electron chi connectivity index (χ0n) is 39.0. The minimum atomic E-state index is -5.60. The van der Waals surface area contributed by atoms with Crippen LogP contribution in [0.2, 0.25) is 0 Å². The van der Waals surface area contributed by atoms with Crippen molar-refractivity contribution in [2.24, 2.45) is 0 Å². The van der Waals surface area contributed by atoms with Gasteiger partial charge in [-0.05, 0) is 25.7 Å². The summed E-state index contributed by atoms with van der Waals surface area (Å²) in [7, 11) is -16.6. The number of esters is 2. The fourth-order valence-corrected chi connectivity index (χ4v) is 10.4. The first-order chi connectivity index (χ1) is 31.2. The van der Waals surface area contributed by atoms with Gasteiger partial charge in [-0.25, -0.2) is 13.7 Å². The summed E-state index contributed by atoms with van der Waals surface area (Å²) in [6, 6.07) is 0. The molecule has 24 heteroatoms. The van der Waals surface area contributed by atoms with E-state index >= 15 is 0 Å². The quantitative estimate of drug-likeness (QED) is 0.0164. The van der Waals surface area contributed by atoms with Gasteiger partial charge in [-0.1, -0.05) is 154 Å². The van der Waals surface area contributed by atoms with Gasteiger partial charge in [0.15, 0.2) is 11.2 Å². The second-order valence-electron chi connectivity index (χ2n) is 17.0. The Bertz CT molecular complexity index is 1470. The van der Waals surface area contributed by atoms with Gasteiger partial charge >= 0.3 is 35.4 Å². The molecule has 66 heavy (non-hydrogen) atoms. The molecule has 0 amide bonds. The Kier molecular flexibility index (Phi) is 34.6. The lowest BCUT2D eigenvalue weighted by molar-refractivity contribution is -0.213. The van der Waals surface area contributed by atoms with Crippen LogP contribution in [0.25, 0.3) is 0 Å². The summed E-state index contributed by atoms with van der Waals surface area (Å²) in [6.07, 6.45) is 9.24. The zero-order valence-corrected chi connectivity index (χ0v) is 42.5. The molecule has 1 aliphatic carbocycles. The largest absolute Gasteiger partial charge is 0.472 e. The van der Waals surface area contributed by atoms with Crippen molar-refractivity contribution in [3.63, 3.8) is 0 Å². The van der Waals surface area contributed by atoms with E-state index in [1.807, 2.05) is 6.92 Å². The van der Waals surface area contributed by atoms with Gasteiger partial charge in [0.1, 0.15) is 43.2 Å². The number of phosphoric acid groups is 3. The van der Waals surface area contributed by atoms with Crippen molar-refractivity contribution < 1.29 is 95.4 Å². The molecule has 1 saturated carbocycles. The second kappa shape index (κ2) is 36.1. The van der Waals surface area contributed by atoms with E-state index in [0.29, 0.717) is 19.3 Å². The summed E-state index contributed by atoms with van der Waals surface area (Å²) in [6.45, 7) is 2.70. The maximum Gasteiger partial charge on any atom is 0.472 e. The number of ether oxygens (including phenoxy) is 2. The molecule has 0 aromatic heterocycles. The van der Waals surface area contributed by atoms with Gasteiger partial charge in [-0.3, -0.25) is 32.5 Å². The lowest BCUT2D eigenvalue weighted by Crippen LogP contribution is -2.65. The number of carbonyl (C=O) groups is 3. The number of aliphatic hydroxyl groups is 3. The number of hydrogen-bond acceptors (Lipinski definition) is 16. The van der Waals surface area contributed by atoms with Gasteiger partial charge in [-0.2, -0.15) is 0 Å². The van der Waals surface area contributed by atoms with Crippen molar-refractivity contribution in [1.82, 2.24) is 0 Å². The topological polar surface area (TPSA) is 320 Å². The molecule has 1 aliphatic rings. The number of carbonyl (C=O) groups excluding carboxylic acids is 3. The van der Waals surface area contributed by atoms with Gasteiger partial charge < -0.3 is 49.3 Å². The van der Waals surface area contributed by atoms with Crippen LogP contribution in [0, 0.1) is 0 Å². The highest BCUT2D eigenvalue weighted by Gasteiger charge is 2.56. The predicted molar refractivity (Wildman–Crippen MR) is 247 cm³/mol. The van der Waals surface area contributed by atoms with E-state index in [2.05, 4.69) is 16.0 Å². The van der Waals surface area contributed by atoms with Crippen LogP contribution in [-0.4, -0.2) is 119 Å². The summed E-state index contributed by atoms with van der Waals surface area (Å²) in [4.78, 5) is 84.7. The summed E-state index contributed by atoms with van der Waals surface area (Å²) in [5.74, 6) is -0.443. The summed E-state index contributed by atoms with van der Waals surface area (Å²) < 4.78 is 65.4. The predicted octanol–water partition coefficient (Wildman–Crippen LogP) is 7.83. The van der Waals surface area contributed by atoms with Crippen LogP contribution < -0.4 is 0 Å². The first-order valence-electron chi connectivity index (χ1n) is 23.9. The molecule has 0 aromatic rings. The third-order valence-corrected chi connectivity index (χ3v) is 14.0. The number of unbranched alkanes of at least 4 members (excludes halogenated alkanes) is 21. The van der Waals surface area contributed by atoms with Crippen LogP contribution in [0.3, 0.4) is 0 Å². The Labute approximate surface area is 395 Å². The van der Waals surface area contributed by atoms with Crippen molar-refractivity contribution in [2.75, 3.05) is 19.0 Å². The standard InChI is InChI=1S/C42H81O20P3S/c1-3-5-6-7-8-9-10-11-12-16-19-22-25-29-35(44)59-33(31-57-34(43)28-24-21-18-15-13-14-17-20-23-26-30-66-36(45)27-4-2)32-58-65(55,56)62-40-37(46)38(47)41(60-63(49,50)51)42(39(40)48)61-64(52,53)54/h33,37-42,46-48H,3-32H2,1-2H3,(H,55,56)(H2,49,50,51)(H2,52,53,54)/t33-,37-,38+,39?,40?,41?,42-/m1/s1. The van der Waals surface area contributed by atoms with Crippen molar-refractivity contribution in [1.29, 1.82) is 0 Å². The molecule has 0 saturated heterocycles. The second-order valence-corrected chi connectivity index (χ2v) is 21.9. The van der Waals surface area contributed by atoms with E-state index < -0.39 is 91.3 Å². The van der Waals surface area contributed by atoms with Crippen LogP contribution in [-0.2, 0) is 55.6 Å². The Hall–Kier alpha value is -0.830. The Morgan fingerprint density at radius 1 is 0.485 bits per heavy atom. The molecule has 0 radical (unpaired) electrons. The zero-order chi connectivity index (χ0) is 49.4. The molecular formula is C42H81O20P3S. The Morgan fingerprint density at radius 3 is 1.35 bits per heavy atom. The average Bonchev–Trinajstić information content (AvgIpc) is 3.23. The summed E-state index contributed by atoms with van der Waals surface area (Å²) >= 11 is 1.43. The van der Waals surface area contributed by atoms with Gasteiger partial charge in [0.2, 0.25) is 0 Å². The number of aliphatic hydroxyl groups excluding tert-OH is 3. The third kappa shape index (κ3) is 32.1. The van der Waals surface area contributed by atoms with Crippen molar-refractivity contribution in [2.45, 2.75) is 230 Å². The number of thioether (sulfide) groups is 1. The highest BCUT2D eigenvalue weighted by Crippen LogP contribution is 2.51. The normalized spacial score (nSPS) is 21.6. The maximum absolute atomic E-state index is 13.1. The van der Waals surface area contributed by atoms with Crippen LogP contribution in [0.1, 0.15) is 187 Å². The van der Waals surface area contributed by atoms with Crippen LogP contribution in [0.5, 0.6) is 0 Å². The lowest BCUT2D eigenvalue weighted by atomic mass is 9.85. The van der Waals surface area contributed by atoms with Crippen LogP contribution >= 0.6 is 35.2 Å². The molecular weight excluding hydrogens is 949 g/mol. The Balaban J connectivity index is 2.71. The maximum atomic E-state index is 13.1. The monoisotopic (exact) mass is 1030 g/mol. The van der Waals surface area contributed by atoms with Gasteiger partial charge in [0.25, 0.3) is 0 Å². The minimum Gasteiger partial charge on any atom is -0.462 e. The number of phosphoric ester groups is 3. The van der Waals surface area contributed by atoms with Crippen molar-refractivity contribution in [3.05, 3.63) is 0 Å². The van der Waals surface area contributed by atoms with Gasteiger partial charge in [-0.15, -0.1) is 0 Å². The smallest absolute Gasteiger partial charge is 0.462 e. The first kappa shape index (κ1) is 63.2. The SMILES string of the molecule is CCCCCCCCCCCCCCCC(=O)O[C@H](COC(=O)CCCCCCCCCCCCSC(=O)CCC)COP(=O)(O)OC1C(O)[C@@H](OP(=O)(O)O)C(OP(=O)(O)O)[C@@H](O)[C@H]1O. The summed E-state index contributed by atoms with van der Waals surface area (Å²) in [5.41, 5.74) is 0. The lowest BCUT2D eigenvalue weighted by Gasteiger charge is -2.44. The number of hydrogen-bond donors (Lipinski definition) is 8. The molecule has 4 unspecified atom stereocenters. The van der Waals surface area contributed by atoms with E-state index in [0.717, 1.165) is 102 Å². The van der Waals surface area contributed by atoms with Crippen LogP contribution in [0.15, 0.2) is 0 Å². The highest BCUT2D eigenvalue weighted by molar-refractivity contribution is 8.13. The van der Waals surface area contributed by atoms with E-state index in [-0.39, 0.29) is 18.0 Å². The first-order valence-corrected chi connectivity index (χ1v) is 29.4. The molecule has 1 fully saturated rings. The van der Waals surface area contributed by atoms with Crippen molar-refractivity contribution in [3.8, 4) is 0 Å². The molecule has 8 N–H and O–H groups in total. The Morgan fingerprint density at radius 2 is 0.894 bits per heavy atom. The van der Waals surface area contributed by atoms with E-state index in [4.69, 9.17) is 18.5 Å². The summed E-state index contributed by atoms with van der Waals surface area (Å²) in [5, 5.41) is 32.1.